The topological polar surface area (TPSA) is 38.9 Å². The Kier molecular flexibility index (Phi) is 3.89. The predicted octanol–water partition coefficient (Wildman–Crippen LogP) is 2.36. The molecule has 1 fully saturated rings. The van der Waals surface area contributed by atoms with Crippen molar-refractivity contribution in [3.8, 4) is 0 Å². The van der Waals surface area contributed by atoms with Gasteiger partial charge in [-0.1, -0.05) is 11.6 Å². The summed E-state index contributed by atoms with van der Waals surface area (Å²) in [5, 5.41) is 0.735. The van der Waals surface area contributed by atoms with E-state index in [2.05, 4.69) is 4.98 Å². The highest BCUT2D eigenvalue weighted by atomic mass is 35.5. The van der Waals surface area contributed by atoms with Crippen molar-refractivity contribution in [2.45, 2.75) is 18.9 Å². The summed E-state index contributed by atoms with van der Waals surface area (Å²) < 4.78 is 0. The minimum atomic E-state index is 0.236. The lowest BCUT2D eigenvalue weighted by atomic mass is 9.94. The zero-order valence-electron chi connectivity index (χ0n) is 8.53. The molecule has 2 rings (SSSR count). The molecular weight excluding hydrogens is 228 g/mol. The number of pyridine rings is 1. The largest absolute Gasteiger partial charge is 0.327 e. The molecule has 2 heterocycles. The zero-order valence-corrected chi connectivity index (χ0v) is 10.1. The third-order valence-electron chi connectivity index (χ3n) is 2.88. The van der Waals surface area contributed by atoms with Gasteiger partial charge in [0.1, 0.15) is 0 Å². The van der Waals surface area contributed by atoms with Gasteiger partial charge in [0.15, 0.2) is 0 Å². The van der Waals surface area contributed by atoms with E-state index in [-0.39, 0.29) is 6.04 Å². The van der Waals surface area contributed by atoms with Crippen molar-refractivity contribution in [1.29, 1.82) is 0 Å². The van der Waals surface area contributed by atoms with E-state index in [9.17, 15) is 0 Å². The number of aromatic nitrogens is 1. The Morgan fingerprint density at radius 2 is 2.53 bits per heavy atom. The molecule has 1 aliphatic rings. The first-order valence-corrected chi connectivity index (χ1v) is 6.72. The van der Waals surface area contributed by atoms with Crippen molar-refractivity contribution >= 4 is 23.4 Å². The monoisotopic (exact) mass is 242 g/mol. The number of hydrogen-bond donors (Lipinski definition) is 1. The smallest absolute Gasteiger partial charge is 0.0621 e. The maximum absolute atomic E-state index is 6.19. The average molecular weight is 243 g/mol. The SMILES string of the molecule is NC(Cc1ccncc1Cl)C1CCSC1. The van der Waals surface area contributed by atoms with Crippen molar-refractivity contribution in [3.63, 3.8) is 0 Å². The molecule has 4 heteroatoms. The number of rotatable bonds is 3. The lowest BCUT2D eigenvalue weighted by Crippen LogP contribution is -2.32. The van der Waals surface area contributed by atoms with E-state index in [1.54, 1.807) is 12.4 Å². The van der Waals surface area contributed by atoms with Crippen LogP contribution in [0.1, 0.15) is 12.0 Å². The highest BCUT2D eigenvalue weighted by molar-refractivity contribution is 7.99. The van der Waals surface area contributed by atoms with Crippen LogP contribution in [0.4, 0.5) is 0 Å². The zero-order chi connectivity index (χ0) is 10.7. The molecule has 15 heavy (non-hydrogen) atoms. The van der Waals surface area contributed by atoms with Crippen LogP contribution >= 0.6 is 23.4 Å². The Morgan fingerprint density at radius 1 is 1.67 bits per heavy atom. The first kappa shape index (κ1) is 11.2. The summed E-state index contributed by atoms with van der Waals surface area (Å²) in [6.07, 6.45) is 5.57. The molecule has 0 bridgehead atoms. The summed E-state index contributed by atoms with van der Waals surface area (Å²) in [6, 6.07) is 2.20. The van der Waals surface area contributed by atoms with E-state index in [1.807, 2.05) is 17.8 Å². The summed E-state index contributed by atoms with van der Waals surface area (Å²) in [7, 11) is 0. The van der Waals surface area contributed by atoms with Gasteiger partial charge in [0.05, 0.1) is 5.02 Å². The molecule has 0 aliphatic carbocycles. The van der Waals surface area contributed by atoms with Gasteiger partial charge >= 0.3 is 0 Å². The van der Waals surface area contributed by atoms with Crippen LogP contribution in [0.2, 0.25) is 5.02 Å². The standard InChI is InChI=1S/C11H15ClN2S/c12-10-6-14-3-1-8(10)5-11(13)9-2-4-15-7-9/h1,3,6,9,11H,2,4-5,7,13H2. The molecule has 2 nitrogen and oxygen atoms in total. The van der Waals surface area contributed by atoms with E-state index in [0.717, 1.165) is 17.0 Å². The first-order chi connectivity index (χ1) is 7.27. The number of nitrogens with zero attached hydrogens (tertiary/aromatic N) is 1. The van der Waals surface area contributed by atoms with Gasteiger partial charge in [-0.15, -0.1) is 0 Å². The Morgan fingerprint density at radius 3 is 3.20 bits per heavy atom. The van der Waals surface area contributed by atoms with Gasteiger partial charge in [0.2, 0.25) is 0 Å². The third-order valence-corrected chi connectivity index (χ3v) is 4.41. The lowest BCUT2D eigenvalue weighted by molar-refractivity contribution is 0.462. The molecule has 0 radical (unpaired) electrons. The van der Waals surface area contributed by atoms with Gasteiger partial charge in [-0.3, -0.25) is 4.98 Å². The third kappa shape index (κ3) is 2.86. The van der Waals surface area contributed by atoms with Crippen LogP contribution in [0.25, 0.3) is 0 Å². The van der Waals surface area contributed by atoms with Gasteiger partial charge in [-0.25, -0.2) is 0 Å². The van der Waals surface area contributed by atoms with Gasteiger partial charge in [-0.2, -0.15) is 11.8 Å². The molecule has 1 saturated heterocycles. The number of nitrogens with two attached hydrogens (primary N) is 1. The molecule has 0 saturated carbocycles. The summed E-state index contributed by atoms with van der Waals surface area (Å²) in [5.41, 5.74) is 7.31. The molecule has 2 unspecified atom stereocenters. The average Bonchev–Trinajstić information content (AvgIpc) is 2.74. The summed E-state index contributed by atoms with van der Waals surface area (Å²) >= 11 is 8.05. The Bertz CT molecular complexity index is 326. The van der Waals surface area contributed by atoms with Crippen molar-refractivity contribution < 1.29 is 0 Å². The van der Waals surface area contributed by atoms with Crippen LogP contribution in [0.5, 0.6) is 0 Å². The Labute approximate surface area is 99.6 Å². The van der Waals surface area contributed by atoms with Gasteiger partial charge in [-0.05, 0) is 41.9 Å². The van der Waals surface area contributed by atoms with Crippen LogP contribution in [-0.4, -0.2) is 22.5 Å². The second-order valence-corrected chi connectivity index (χ2v) is 5.52. The molecule has 0 spiro atoms. The molecule has 1 aromatic heterocycles. The molecule has 1 aliphatic heterocycles. The quantitative estimate of drug-likeness (QED) is 0.885. The minimum absolute atomic E-state index is 0.236. The maximum atomic E-state index is 6.19. The fraction of sp³-hybridized carbons (Fsp3) is 0.545. The normalized spacial score (nSPS) is 22.9. The fourth-order valence-electron chi connectivity index (χ4n) is 1.88. The van der Waals surface area contributed by atoms with E-state index in [0.29, 0.717) is 5.92 Å². The van der Waals surface area contributed by atoms with Gasteiger partial charge < -0.3 is 5.73 Å². The maximum Gasteiger partial charge on any atom is 0.0621 e. The molecule has 0 aromatic carbocycles. The molecular formula is C11H15ClN2S. The molecule has 2 N–H and O–H groups in total. The van der Waals surface area contributed by atoms with Gasteiger partial charge in [0, 0.05) is 18.4 Å². The van der Waals surface area contributed by atoms with Crippen LogP contribution in [0.3, 0.4) is 0 Å². The number of hydrogen-bond acceptors (Lipinski definition) is 3. The Balaban J connectivity index is 1.99. The highest BCUT2D eigenvalue weighted by Crippen LogP contribution is 2.27. The van der Waals surface area contributed by atoms with Crippen molar-refractivity contribution in [1.82, 2.24) is 4.98 Å². The molecule has 82 valence electrons. The summed E-state index contributed by atoms with van der Waals surface area (Å²) in [4.78, 5) is 3.97. The second-order valence-electron chi connectivity index (χ2n) is 3.96. The van der Waals surface area contributed by atoms with Gasteiger partial charge in [0.25, 0.3) is 0 Å². The van der Waals surface area contributed by atoms with Crippen LogP contribution in [0, 0.1) is 5.92 Å². The molecule has 2 atom stereocenters. The van der Waals surface area contributed by atoms with E-state index >= 15 is 0 Å². The van der Waals surface area contributed by atoms with E-state index in [4.69, 9.17) is 17.3 Å². The van der Waals surface area contributed by atoms with Crippen LogP contribution in [-0.2, 0) is 6.42 Å². The van der Waals surface area contributed by atoms with Crippen LogP contribution < -0.4 is 5.73 Å². The molecule has 0 amide bonds. The Hall–Kier alpha value is -0.250. The highest BCUT2D eigenvalue weighted by Gasteiger charge is 2.22. The first-order valence-electron chi connectivity index (χ1n) is 5.19. The van der Waals surface area contributed by atoms with Crippen molar-refractivity contribution in [3.05, 3.63) is 29.0 Å². The van der Waals surface area contributed by atoms with Crippen molar-refractivity contribution in [2.24, 2.45) is 11.7 Å². The second kappa shape index (κ2) is 5.19. The number of halogens is 1. The predicted molar refractivity (Wildman–Crippen MR) is 66.4 cm³/mol. The summed E-state index contributed by atoms with van der Waals surface area (Å²) in [6.45, 7) is 0. The van der Waals surface area contributed by atoms with E-state index < -0.39 is 0 Å². The van der Waals surface area contributed by atoms with Crippen molar-refractivity contribution in [2.75, 3.05) is 11.5 Å². The summed E-state index contributed by atoms with van der Waals surface area (Å²) in [5.74, 6) is 3.10. The minimum Gasteiger partial charge on any atom is -0.327 e. The van der Waals surface area contributed by atoms with E-state index in [1.165, 1.54) is 17.9 Å². The number of thioether (sulfide) groups is 1. The fourth-order valence-corrected chi connectivity index (χ4v) is 3.43. The molecule has 1 aromatic rings. The lowest BCUT2D eigenvalue weighted by Gasteiger charge is -2.18. The van der Waals surface area contributed by atoms with Crippen LogP contribution in [0.15, 0.2) is 18.5 Å².